The van der Waals surface area contributed by atoms with Crippen molar-refractivity contribution in [2.45, 2.75) is 10.9 Å². The summed E-state index contributed by atoms with van der Waals surface area (Å²) in [7, 11) is 0. The van der Waals surface area contributed by atoms with Crippen molar-refractivity contribution in [1.82, 2.24) is 9.97 Å². The van der Waals surface area contributed by atoms with Crippen molar-refractivity contribution in [1.29, 1.82) is 0 Å². The first-order valence-electron chi connectivity index (χ1n) is 7.71. The van der Waals surface area contributed by atoms with E-state index in [1.54, 1.807) is 42.7 Å². The lowest BCUT2D eigenvalue weighted by atomic mass is 10.3. The van der Waals surface area contributed by atoms with Crippen LogP contribution in [0.5, 0.6) is 11.5 Å². The number of halogens is 1. The van der Waals surface area contributed by atoms with Crippen LogP contribution in [0.25, 0.3) is 0 Å². The predicted molar refractivity (Wildman–Crippen MR) is 99.2 cm³/mol. The number of nitrogens with zero attached hydrogens (tertiary/aromatic N) is 2. The highest BCUT2D eigenvalue weighted by atomic mass is 35.5. The Hall–Kier alpha value is -2.84. The molecule has 0 atom stereocenters. The Kier molecular flexibility index (Phi) is 6.45. The Bertz CT molecular complexity index is 963. The second-order valence-corrected chi connectivity index (χ2v) is 6.49. The molecule has 1 aromatic carbocycles. The summed E-state index contributed by atoms with van der Waals surface area (Å²) in [5.41, 5.74) is -0.467. The normalized spacial score (nSPS) is 10.4. The van der Waals surface area contributed by atoms with E-state index in [-0.39, 0.29) is 12.4 Å². The number of thioether (sulfide) groups is 1. The van der Waals surface area contributed by atoms with Crippen LogP contribution in [-0.2, 0) is 10.5 Å². The second kappa shape index (κ2) is 9.20. The summed E-state index contributed by atoms with van der Waals surface area (Å²) >= 11 is 7.09. The average molecular weight is 405 g/mol. The Morgan fingerprint density at radius 1 is 1.19 bits per heavy atom. The number of benzene rings is 1. The van der Waals surface area contributed by atoms with Crippen LogP contribution in [0, 0.1) is 0 Å². The van der Waals surface area contributed by atoms with Crippen LogP contribution < -0.4 is 14.9 Å². The highest BCUT2D eigenvalue weighted by Crippen LogP contribution is 2.19. The number of carbonyl (C=O) groups is 1. The first-order valence-corrected chi connectivity index (χ1v) is 9.07. The minimum Gasteiger partial charge on any atom is -0.482 e. The summed E-state index contributed by atoms with van der Waals surface area (Å²) in [6.45, 7) is -0.357. The maximum atomic E-state index is 12.1. The fraction of sp³-hybridized carbons (Fsp3) is 0.111. The van der Waals surface area contributed by atoms with Gasteiger partial charge in [-0.2, -0.15) is 0 Å². The molecule has 3 rings (SSSR count). The van der Waals surface area contributed by atoms with E-state index in [0.29, 0.717) is 27.4 Å². The van der Waals surface area contributed by atoms with Gasteiger partial charge in [-0.3, -0.25) is 4.79 Å². The van der Waals surface area contributed by atoms with Gasteiger partial charge in [-0.15, -0.1) is 0 Å². The molecule has 0 spiro atoms. The van der Waals surface area contributed by atoms with Crippen molar-refractivity contribution in [3.05, 3.63) is 76.1 Å². The fourth-order valence-electron chi connectivity index (χ4n) is 1.91. The van der Waals surface area contributed by atoms with E-state index in [0.717, 1.165) is 6.26 Å². The first-order chi connectivity index (χ1) is 13.1. The van der Waals surface area contributed by atoms with Gasteiger partial charge in [0.2, 0.25) is 11.2 Å². The summed E-state index contributed by atoms with van der Waals surface area (Å²) in [6.07, 6.45) is 4.35. The van der Waals surface area contributed by atoms with Gasteiger partial charge in [-0.1, -0.05) is 23.4 Å². The average Bonchev–Trinajstić information content (AvgIpc) is 2.69. The lowest BCUT2D eigenvalue weighted by Crippen LogP contribution is -2.20. The van der Waals surface area contributed by atoms with Gasteiger partial charge >= 0.3 is 5.97 Å². The number of hydrogen-bond acceptors (Lipinski definition) is 8. The summed E-state index contributed by atoms with van der Waals surface area (Å²) in [5.74, 6) is 0.308. The molecule has 0 amide bonds. The van der Waals surface area contributed by atoms with Gasteiger partial charge in [0.25, 0.3) is 0 Å². The molecular weight excluding hydrogens is 392 g/mol. The Morgan fingerprint density at radius 3 is 2.63 bits per heavy atom. The number of aromatic nitrogens is 2. The minimum absolute atomic E-state index is 0.204. The van der Waals surface area contributed by atoms with E-state index >= 15 is 0 Å². The van der Waals surface area contributed by atoms with Gasteiger partial charge in [0.15, 0.2) is 11.8 Å². The zero-order chi connectivity index (χ0) is 19.1. The highest BCUT2D eigenvalue weighted by molar-refractivity contribution is 7.98. The number of rotatable bonds is 7. The Morgan fingerprint density at radius 2 is 1.93 bits per heavy atom. The van der Waals surface area contributed by atoms with Gasteiger partial charge < -0.3 is 13.9 Å². The smallest absolute Gasteiger partial charge is 0.349 e. The van der Waals surface area contributed by atoms with Crippen molar-refractivity contribution < 1.29 is 18.7 Å². The molecule has 138 valence electrons. The molecule has 0 saturated carbocycles. The summed E-state index contributed by atoms with van der Waals surface area (Å²) in [4.78, 5) is 32.0. The molecule has 0 bridgehead atoms. The third-order valence-corrected chi connectivity index (χ3v) is 4.28. The van der Waals surface area contributed by atoms with E-state index in [4.69, 9.17) is 25.5 Å². The second-order valence-electron chi connectivity index (χ2n) is 5.11. The molecule has 7 nitrogen and oxygen atoms in total. The maximum Gasteiger partial charge on any atom is 0.349 e. The minimum atomic E-state index is -0.725. The zero-order valence-corrected chi connectivity index (χ0v) is 15.4. The first kappa shape index (κ1) is 18.9. The van der Waals surface area contributed by atoms with E-state index in [1.807, 2.05) is 0 Å². The van der Waals surface area contributed by atoms with Gasteiger partial charge in [-0.05, 0) is 30.3 Å². The third kappa shape index (κ3) is 5.83. The quantitative estimate of drug-likeness (QED) is 0.336. The monoisotopic (exact) mass is 404 g/mol. The Balaban J connectivity index is 1.53. The number of esters is 1. The molecule has 0 unspecified atom stereocenters. The van der Waals surface area contributed by atoms with Crippen molar-refractivity contribution >= 4 is 29.3 Å². The van der Waals surface area contributed by atoms with Gasteiger partial charge in [0, 0.05) is 23.5 Å². The molecule has 0 saturated heterocycles. The number of carbonyl (C=O) groups excluding carboxylic acids is 1. The third-order valence-electron chi connectivity index (χ3n) is 3.13. The Labute approximate surface area is 163 Å². The summed E-state index contributed by atoms with van der Waals surface area (Å²) in [5, 5.41) is 1.12. The van der Waals surface area contributed by atoms with Crippen LogP contribution in [0.15, 0.2) is 69.4 Å². The van der Waals surface area contributed by atoms with Crippen LogP contribution >= 0.6 is 23.4 Å². The molecule has 0 N–H and O–H groups in total. The standard InChI is InChI=1S/C18H13ClN2O5S/c19-12-2-4-13(5-3-12)25-10-17(23)26-16-9-24-14(8-15(16)22)11-27-18-20-6-1-7-21-18/h1-9H,10-11H2. The summed E-state index contributed by atoms with van der Waals surface area (Å²) in [6, 6.07) is 9.48. The molecule has 3 aromatic rings. The fourth-order valence-corrected chi connectivity index (χ4v) is 2.73. The van der Waals surface area contributed by atoms with Gasteiger partial charge in [0.1, 0.15) is 17.8 Å². The van der Waals surface area contributed by atoms with E-state index in [2.05, 4.69) is 9.97 Å². The van der Waals surface area contributed by atoms with Crippen LogP contribution in [0.2, 0.25) is 5.02 Å². The molecule has 0 aliphatic rings. The lowest BCUT2D eigenvalue weighted by Gasteiger charge is -2.06. The molecular formula is C18H13ClN2O5S. The van der Waals surface area contributed by atoms with Crippen molar-refractivity contribution in [3.63, 3.8) is 0 Å². The lowest BCUT2D eigenvalue weighted by molar-refractivity contribution is -0.136. The van der Waals surface area contributed by atoms with E-state index < -0.39 is 11.4 Å². The molecule has 0 aliphatic carbocycles. The molecule has 0 fully saturated rings. The molecule has 2 aromatic heterocycles. The topological polar surface area (TPSA) is 91.5 Å². The van der Waals surface area contributed by atoms with Crippen molar-refractivity contribution in [2.75, 3.05) is 6.61 Å². The van der Waals surface area contributed by atoms with Crippen LogP contribution in [0.1, 0.15) is 5.76 Å². The van der Waals surface area contributed by atoms with E-state index in [1.165, 1.54) is 17.8 Å². The van der Waals surface area contributed by atoms with Gasteiger partial charge in [-0.25, -0.2) is 14.8 Å². The predicted octanol–water partition coefficient (Wildman–Crippen LogP) is 3.36. The number of ether oxygens (including phenoxy) is 2. The molecule has 9 heteroatoms. The van der Waals surface area contributed by atoms with Crippen LogP contribution in [0.4, 0.5) is 0 Å². The van der Waals surface area contributed by atoms with Crippen molar-refractivity contribution in [3.8, 4) is 11.5 Å². The van der Waals surface area contributed by atoms with Gasteiger partial charge in [0.05, 0.1) is 5.75 Å². The largest absolute Gasteiger partial charge is 0.482 e. The molecule has 0 aliphatic heterocycles. The SMILES string of the molecule is O=C(COc1ccc(Cl)cc1)Oc1coc(CSc2ncccn2)cc1=O. The molecule has 2 heterocycles. The summed E-state index contributed by atoms with van der Waals surface area (Å²) < 4.78 is 15.6. The van der Waals surface area contributed by atoms with Crippen molar-refractivity contribution in [2.24, 2.45) is 0 Å². The molecule has 0 radical (unpaired) electrons. The highest BCUT2D eigenvalue weighted by Gasteiger charge is 2.12. The van der Waals surface area contributed by atoms with Crippen LogP contribution in [-0.4, -0.2) is 22.5 Å². The maximum absolute atomic E-state index is 12.1. The zero-order valence-electron chi connectivity index (χ0n) is 13.8. The van der Waals surface area contributed by atoms with E-state index in [9.17, 15) is 9.59 Å². The number of hydrogen-bond donors (Lipinski definition) is 0. The van der Waals surface area contributed by atoms with Crippen LogP contribution in [0.3, 0.4) is 0 Å². The molecule has 27 heavy (non-hydrogen) atoms.